The number of hydrogen-bond donors (Lipinski definition) is 3. The first kappa shape index (κ1) is 33.1. The van der Waals surface area contributed by atoms with Gasteiger partial charge in [-0.3, -0.25) is 14.4 Å². The molecule has 3 amide bonds. The monoisotopic (exact) mass is 601 g/mol. The van der Waals surface area contributed by atoms with Crippen LogP contribution in [0.25, 0.3) is 0 Å². The summed E-state index contributed by atoms with van der Waals surface area (Å²) in [5.41, 5.74) is 2.27. The number of carbonyl (C=O) groups is 5. The van der Waals surface area contributed by atoms with Crippen molar-refractivity contribution in [2.24, 2.45) is 10.2 Å². The average Bonchev–Trinajstić information content (AvgIpc) is 3.01. The summed E-state index contributed by atoms with van der Waals surface area (Å²) < 4.78 is 9.65. The number of nitrogens with zero attached hydrogens (tertiary/aromatic N) is 2. The number of amides is 3. The van der Waals surface area contributed by atoms with E-state index in [0.29, 0.717) is 11.4 Å². The number of nitrogens with one attached hydrogen (secondary N) is 3. The number of methoxy groups -OCH3 is 1. The van der Waals surface area contributed by atoms with E-state index in [-0.39, 0.29) is 31.0 Å². The van der Waals surface area contributed by atoms with Crippen molar-refractivity contribution in [3.05, 3.63) is 95.6 Å². The van der Waals surface area contributed by atoms with Crippen LogP contribution in [0.3, 0.4) is 0 Å². The Bertz CT molecular complexity index is 1480. The molecular formula is C32H35N5O7. The minimum atomic E-state index is -1.10. The maximum absolute atomic E-state index is 12.9. The van der Waals surface area contributed by atoms with Crippen molar-refractivity contribution in [1.82, 2.24) is 16.0 Å². The van der Waals surface area contributed by atoms with Crippen LogP contribution in [0.1, 0.15) is 42.3 Å². The zero-order valence-electron chi connectivity index (χ0n) is 25.0. The quantitative estimate of drug-likeness (QED) is 0.158. The summed E-state index contributed by atoms with van der Waals surface area (Å²) in [4.78, 5) is 60.9. The molecule has 0 aromatic heterocycles. The molecule has 0 aliphatic heterocycles. The van der Waals surface area contributed by atoms with Gasteiger partial charge in [0, 0.05) is 18.5 Å². The van der Waals surface area contributed by atoms with Gasteiger partial charge in [0.1, 0.15) is 18.2 Å². The van der Waals surface area contributed by atoms with Crippen molar-refractivity contribution in [2.75, 3.05) is 13.7 Å². The van der Waals surface area contributed by atoms with E-state index in [1.54, 1.807) is 81.4 Å². The molecule has 3 aromatic carbocycles. The first-order valence-corrected chi connectivity index (χ1v) is 13.7. The number of rotatable bonds is 12. The van der Waals surface area contributed by atoms with Gasteiger partial charge in [-0.2, -0.15) is 10.2 Å². The van der Waals surface area contributed by atoms with Crippen LogP contribution in [0.2, 0.25) is 0 Å². The van der Waals surface area contributed by atoms with Crippen LogP contribution in [0.5, 0.6) is 0 Å². The molecule has 3 aromatic rings. The molecule has 0 fully saturated rings. The fourth-order valence-electron chi connectivity index (χ4n) is 3.75. The lowest BCUT2D eigenvalue weighted by atomic mass is 10.0. The molecule has 44 heavy (non-hydrogen) atoms. The number of azo groups is 1. The molecule has 12 heteroatoms. The fraction of sp³-hybridized carbons (Fsp3) is 0.281. The third-order valence-corrected chi connectivity index (χ3v) is 5.92. The molecule has 3 N–H and O–H groups in total. The predicted molar refractivity (Wildman–Crippen MR) is 162 cm³/mol. The Balaban J connectivity index is 1.52. The summed E-state index contributed by atoms with van der Waals surface area (Å²) in [7, 11) is 1.11. The Kier molecular flexibility index (Phi) is 11.8. The number of hydrogen-bond acceptors (Lipinski definition) is 9. The summed E-state index contributed by atoms with van der Waals surface area (Å²) in [6.45, 7) is 5.25. The molecule has 0 spiro atoms. The number of ether oxygens (including phenoxy) is 2. The van der Waals surface area contributed by atoms with E-state index in [2.05, 4.69) is 30.9 Å². The number of alkyl carbamates (subject to hydrolysis) is 1. The third kappa shape index (κ3) is 11.1. The molecule has 12 nitrogen and oxygen atoms in total. The SMILES string of the molecule is COC(=O)C(=O)[C@H](Cc1ccccc1)NC(=O)c1ccc(N=Nc2ccc(CNC(=O)CNC(=O)OC(C)(C)C)cc2)cc1. The highest BCUT2D eigenvalue weighted by molar-refractivity contribution is 6.36. The van der Waals surface area contributed by atoms with Gasteiger partial charge >= 0.3 is 12.1 Å². The van der Waals surface area contributed by atoms with Crippen molar-refractivity contribution in [3.63, 3.8) is 0 Å². The molecule has 3 rings (SSSR count). The van der Waals surface area contributed by atoms with Gasteiger partial charge in [-0.05, 0) is 68.3 Å². The maximum Gasteiger partial charge on any atom is 0.408 e. The second-order valence-corrected chi connectivity index (χ2v) is 10.6. The van der Waals surface area contributed by atoms with Gasteiger partial charge in [0.15, 0.2) is 0 Å². The Morgan fingerprint density at radius 2 is 1.36 bits per heavy atom. The van der Waals surface area contributed by atoms with Crippen LogP contribution in [0.15, 0.2) is 89.1 Å². The van der Waals surface area contributed by atoms with Crippen LogP contribution < -0.4 is 16.0 Å². The molecule has 0 heterocycles. The Morgan fingerprint density at radius 1 is 0.773 bits per heavy atom. The zero-order valence-corrected chi connectivity index (χ0v) is 25.0. The molecule has 0 bridgehead atoms. The van der Waals surface area contributed by atoms with Gasteiger partial charge in [-0.25, -0.2) is 9.59 Å². The van der Waals surface area contributed by atoms with Crippen LogP contribution >= 0.6 is 0 Å². The van der Waals surface area contributed by atoms with E-state index in [1.165, 1.54) is 12.1 Å². The molecule has 0 aliphatic rings. The predicted octanol–water partition coefficient (Wildman–Crippen LogP) is 4.33. The first-order chi connectivity index (χ1) is 20.9. The number of benzene rings is 3. The number of esters is 1. The van der Waals surface area contributed by atoms with Crippen LogP contribution in [0, 0.1) is 0 Å². The lowest BCUT2D eigenvalue weighted by molar-refractivity contribution is -0.152. The van der Waals surface area contributed by atoms with E-state index < -0.39 is 35.4 Å². The Hall–Kier alpha value is -5.39. The van der Waals surface area contributed by atoms with Gasteiger partial charge in [0.25, 0.3) is 11.7 Å². The summed E-state index contributed by atoms with van der Waals surface area (Å²) in [6.07, 6.45) is -0.539. The van der Waals surface area contributed by atoms with Crippen molar-refractivity contribution in [2.45, 2.75) is 45.4 Å². The van der Waals surface area contributed by atoms with Gasteiger partial charge in [-0.1, -0.05) is 42.5 Å². The molecule has 1 atom stereocenters. The number of Topliss-reactive ketones (excluding diaryl/α,β-unsaturated/α-hetero) is 1. The zero-order chi connectivity index (χ0) is 32.1. The number of ketones is 1. The molecule has 0 saturated heterocycles. The van der Waals surface area contributed by atoms with Crippen molar-refractivity contribution >= 4 is 41.0 Å². The van der Waals surface area contributed by atoms with E-state index in [1.807, 2.05) is 6.07 Å². The summed E-state index contributed by atoms with van der Waals surface area (Å²) in [6, 6.07) is 21.2. The van der Waals surface area contributed by atoms with E-state index in [4.69, 9.17) is 4.74 Å². The van der Waals surface area contributed by atoms with Crippen molar-refractivity contribution in [3.8, 4) is 0 Å². The molecule has 0 radical (unpaired) electrons. The summed E-state index contributed by atoms with van der Waals surface area (Å²) in [5.74, 6) is -2.78. The first-order valence-electron chi connectivity index (χ1n) is 13.7. The maximum atomic E-state index is 12.9. The van der Waals surface area contributed by atoms with Crippen LogP contribution in [0.4, 0.5) is 16.2 Å². The molecule has 230 valence electrons. The van der Waals surface area contributed by atoms with Gasteiger partial charge in [0.2, 0.25) is 5.91 Å². The van der Waals surface area contributed by atoms with Crippen molar-refractivity contribution < 1.29 is 33.4 Å². The highest BCUT2D eigenvalue weighted by atomic mass is 16.6. The Labute approximate surface area is 255 Å². The smallest absolute Gasteiger partial charge is 0.408 e. The standard InChI is InChI=1S/C32H35N5O7/c1-32(2,3)44-31(42)34-20-27(38)33-19-22-10-14-24(15-11-22)36-37-25-16-12-23(13-17-25)29(40)35-26(28(39)30(41)43-4)18-21-8-6-5-7-9-21/h5-17,26H,18-20H2,1-4H3,(H,33,38)(H,34,42)(H,35,40)/t26-/m0/s1. The Morgan fingerprint density at radius 3 is 1.93 bits per heavy atom. The van der Waals surface area contributed by atoms with Crippen molar-refractivity contribution in [1.29, 1.82) is 0 Å². The highest BCUT2D eigenvalue weighted by Crippen LogP contribution is 2.19. The second kappa shape index (κ2) is 15.7. The normalized spacial score (nSPS) is 11.7. The van der Waals surface area contributed by atoms with E-state index >= 15 is 0 Å². The summed E-state index contributed by atoms with van der Waals surface area (Å²) >= 11 is 0. The molecule has 0 saturated carbocycles. The van der Waals surface area contributed by atoms with E-state index in [9.17, 15) is 24.0 Å². The fourth-order valence-corrected chi connectivity index (χ4v) is 3.75. The third-order valence-electron chi connectivity index (χ3n) is 5.92. The minimum absolute atomic E-state index is 0.128. The van der Waals surface area contributed by atoms with Crippen LogP contribution in [-0.4, -0.2) is 55.0 Å². The average molecular weight is 602 g/mol. The molecular weight excluding hydrogens is 566 g/mol. The largest absolute Gasteiger partial charge is 0.463 e. The molecule has 0 aliphatic carbocycles. The topological polar surface area (TPSA) is 165 Å². The van der Waals surface area contributed by atoms with Gasteiger partial charge in [0.05, 0.1) is 18.5 Å². The number of carbonyl (C=O) groups excluding carboxylic acids is 5. The minimum Gasteiger partial charge on any atom is -0.463 e. The lowest BCUT2D eigenvalue weighted by Crippen LogP contribution is -2.45. The lowest BCUT2D eigenvalue weighted by Gasteiger charge is -2.19. The van der Waals surface area contributed by atoms with Gasteiger partial charge in [-0.15, -0.1) is 0 Å². The van der Waals surface area contributed by atoms with Gasteiger partial charge < -0.3 is 25.4 Å². The van der Waals surface area contributed by atoms with E-state index in [0.717, 1.165) is 18.2 Å². The molecule has 0 unspecified atom stereocenters. The highest BCUT2D eigenvalue weighted by Gasteiger charge is 2.28. The summed E-state index contributed by atoms with van der Waals surface area (Å²) in [5, 5.41) is 16.1. The second-order valence-electron chi connectivity index (χ2n) is 10.6. The van der Waals surface area contributed by atoms with Crippen LogP contribution in [-0.2, 0) is 36.8 Å².